The van der Waals surface area contributed by atoms with Crippen molar-refractivity contribution in [3.8, 4) is 0 Å². The molecule has 0 radical (unpaired) electrons. The van der Waals surface area contributed by atoms with Gasteiger partial charge in [-0.15, -0.1) is 0 Å². The van der Waals surface area contributed by atoms with Crippen molar-refractivity contribution in [2.24, 2.45) is 0 Å². The molecule has 0 unspecified atom stereocenters. The van der Waals surface area contributed by atoms with Crippen LogP contribution in [0.2, 0.25) is 0 Å². The van der Waals surface area contributed by atoms with E-state index in [1.807, 2.05) is 0 Å². The number of hydrogen-bond donors (Lipinski definition) is 0. The van der Waals surface area contributed by atoms with Crippen LogP contribution in [0.1, 0.15) is 0 Å². The lowest BCUT2D eigenvalue weighted by Crippen LogP contribution is -2.33. The van der Waals surface area contributed by atoms with E-state index in [1.165, 1.54) is 22.7 Å². The van der Waals surface area contributed by atoms with E-state index in [1.54, 1.807) is 0 Å². The second-order valence-electron chi connectivity index (χ2n) is 6.01. The third-order valence-electron chi connectivity index (χ3n) is 4.57. The van der Waals surface area contributed by atoms with Gasteiger partial charge < -0.3 is 0 Å². The molecule has 4 rings (SSSR count). The lowest BCUT2D eigenvalue weighted by molar-refractivity contribution is 0.704. The number of hydrogen-bond acceptors (Lipinski definition) is 0. The van der Waals surface area contributed by atoms with Gasteiger partial charge in [0.1, 0.15) is 22.7 Å². The molecule has 4 aromatic rings. The zero-order valence-electron chi connectivity index (χ0n) is 14.0. The van der Waals surface area contributed by atoms with Crippen LogP contribution >= 0.6 is 0 Å². The molecule has 0 saturated carbocycles. The Balaban J connectivity index is 2.13. The van der Waals surface area contributed by atoms with Gasteiger partial charge in [0.25, 0.3) is 0 Å². The molecule has 0 saturated heterocycles. The van der Waals surface area contributed by atoms with Gasteiger partial charge in [-0.05, 0) is 0 Å². The molecule has 120 valence electrons. The minimum absolute atomic E-state index is 0.559. The van der Waals surface area contributed by atoms with Crippen LogP contribution in [0, 0.1) is 0 Å². The third-order valence-corrected chi connectivity index (χ3v) is 4.57. The van der Waals surface area contributed by atoms with Crippen LogP contribution in [0.15, 0.2) is 121 Å². The van der Waals surface area contributed by atoms with Gasteiger partial charge in [0.15, 0.2) is 0 Å². The zero-order valence-corrected chi connectivity index (χ0v) is 14.0. The number of benzene rings is 4. The lowest BCUT2D eigenvalue weighted by atomic mass is 10.1. The van der Waals surface area contributed by atoms with E-state index in [2.05, 4.69) is 121 Å². The molecule has 0 aliphatic rings. The Labute approximate surface area is 149 Å². The van der Waals surface area contributed by atoms with E-state index < -0.39 is 0 Å². The van der Waals surface area contributed by atoms with E-state index in [9.17, 15) is 0 Å². The fraction of sp³-hybridized carbons (Fsp3) is 0. The van der Waals surface area contributed by atoms with Crippen LogP contribution in [0.5, 0.6) is 0 Å². The Kier molecular flexibility index (Phi) is 4.16. The SMILES string of the molecule is c1ccc([N+](c2ccccc2)(c2ccccc2)c2ccccc2)cc1. The number of nitrogens with zero attached hydrogens (tertiary/aromatic N) is 1. The number of para-hydroxylation sites is 4. The van der Waals surface area contributed by atoms with Crippen LogP contribution in [0.25, 0.3) is 0 Å². The highest BCUT2D eigenvalue weighted by atomic mass is 15.4. The minimum Gasteiger partial charge on any atom is -0.194 e. The molecule has 0 amide bonds. The van der Waals surface area contributed by atoms with Crippen molar-refractivity contribution in [3.63, 3.8) is 0 Å². The maximum absolute atomic E-state index is 2.20. The maximum Gasteiger partial charge on any atom is 0.148 e. The molecule has 0 fully saturated rings. The summed E-state index contributed by atoms with van der Waals surface area (Å²) >= 11 is 0. The minimum atomic E-state index is 0.559. The summed E-state index contributed by atoms with van der Waals surface area (Å²) in [5, 5.41) is 0. The van der Waals surface area contributed by atoms with Crippen LogP contribution in [-0.2, 0) is 0 Å². The quantitative estimate of drug-likeness (QED) is 0.355. The number of rotatable bonds is 4. The second-order valence-corrected chi connectivity index (χ2v) is 6.01. The highest BCUT2D eigenvalue weighted by Gasteiger charge is 2.38. The zero-order chi connectivity index (χ0) is 17.0. The fourth-order valence-electron chi connectivity index (χ4n) is 3.50. The Hall–Kier alpha value is -3.16. The molecule has 0 N–H and O–H groups in total. The third kappa shape index (κ3) is 2.65. The first-order valence-corrected chi connectivity index (χ1v) is 8.54. The van der Waals surface area contributed by atoms with Gasteiger partial charge in [0.05, 0.1) is 0 Å². The predicted molar refractivity (Wildman–Crippen MR) is 107 cm³/mol. The van der Waals surface area contributed by atoms with Gasteiger partial charge in [-0.2, -0.15) is 4.48 Å². The second kappa shape index (κ2) is 6.76. The van der Waals surface area contributed by atoms with Crippen LogP contribution in [-0.4, -0.2) is 0 Å². The van der Waals surface area contributed by atoms with E-state index in [0.29, 0.717) is 4.48 Å². The molecule has 1 nitrogen and oxygen atoms in total. The molecular weight excluding hydrogens is 302 g/mol. The van der Waals surface area contributed by atoms with Gasteiger partial charge in [-0.25, -0.2) is 0 Å². The first kappa shape index (κ1) is 15.4. The normalized spacial score (nSPS) is 11.2. The molecule has 0 aromatic heterocycles. The average molecular weight is 322 g/mol. The van der Waals surface area contributed by atoms with Gasteiger partial charge >= 0.3 is 0 Å². The topological polar surface area (TPSA) is 0 Å². The molecule has 4 aromatic carbocycles. The Morgan fingerprint density at radius 1 is 0.280 bits per heavy atom. The van der Waals surface area contributed by atoms with Gasteiger partial charge in [-0.3, -0.25) is 0 Å². The summed E-state index contributed by atoms with van der Waals surface area (Å²) in [5.41, 5.74) is 4.86. The smallest absolute Gasteiger partial charge is 0.148 e. The first-order chi connectivity index (χ1) is 12.4. The molecule has 0 atom stereocenters. The standard InChI is InChI=1S/C24H20N/c1-5-13-21(14-6-1)25(22-15-7-2-8-16-22,23-17-9-3-10-18-23)24-19-11-4-12-20-24/h1-20H/q+1. The van der Waals surface area contributed by atoms with Crippen LogP contribution < -0.4 is 4.48 Å². The summed E-state index contributed by atoms with van der Waals surface area (Å²) in [6.07, 6.45) is 0. The number of quaternary nitrogens is 1. The maximum atomic E-state index is 2.20. The van der Waals surface area contributed by atoms with Crippen molar-refractivity contribution < 1.29 is 0 Å². The molecule has 1 heteroatoms. The Bertz CT molecular complexity index is 753. The van der Waals surface area contributed by atoms with Gasteiger partial charge in [0.2, 0.25) is 0 Å². The van der Waals surface area contributed by atoms with E-state index in [-0.39, 0.29) is 0 Å². The first-order valence-electron chi connectivity index (χ1n) is 8.54. The van der Waals surface area contributed by atoms with Crippen LogP contribution in [0.3, 0.4) is 0 Å². The fourth-order valence-corrected chi connectivity index (χ4v) is 3.50. The molecule has 0 bridgehead atoms. The summed E-state index contributed by atoms with van der Waals surface area (Å²) in [5.74, 6) is 0. The summed E-state index contributed by atoms with van der Waals surface area (Å²) in [6.45, 7) is 0. The van der Waals surface area contributed by atoms with E-state index >= 15 is 0 Å². The molecular formula is C24H20N+. The van der Waals surface area contributed by atoms with Gasteiger partial charge in [-0.1, -0.05) is 72.8 Å². The van der Waals surface area contributed by atoms with Crippen LogP contribution in [0.4, 0.5) is 22.7 Å². The lowest BCUT2D eigenvalue weighted by Gasteiger charge is -2.37. The predicted octanol–water partition coefficient (Wildman–Crippen LogP) is 6.99. The Morgan fingerprint density at radius 2 is 0.480 bits per heavy atom. The van der Waals surface area contributed by atoms with Crippen molar-refractivity contribution >= 4 is 22.7 Å². The van der Waals surface area contributed by atoms with Crippen molar-refractivity contribution in [3.05, 3.63) is 121 Å². The molecule has 0 spiro atoms. The monoisotopic (exact) mass is 322 g/mol. The van der Waals surface area contributed by atoms with E-state index in [0.717, 1.165) is 0 Å². The van der Waals surface area contributed by atoms with E-state index in [4.69, 9.17) is 0 Å². The summed E-state index contributed by atoms with van der Waals surface area (Å²) in [6, 6.07) is 42.8. The molecule has 0 aliphatic heterocycles. The highest BCUT2D eigenvalue weighted by molar-refractivity contribution is 5.81. The van der Waals surface area contributed by atoms with Crippen molar-refractivity contribution in [1.82, 2.24) is 4.48 Å². The summed E-state index contributed by atoms with van der Waals surface area (Å²) in [4.78, 5) is 0. The van der Waals surface area contributed by atoms with Crippen molar-refractivity contribution in [2.45, 2.75) is 0 Å². The van der Waals surface area contributed by atoms with Gasteiger partial charge in [0, 0.05) is 48.5 Å². The molecule has 0 aliphatic carbocycles. The molecule has 25 heavy (non-hydrogen) atoms. The Morgan fingerprint density at radius 3 is 0.680 bits per heavy atom. The largest absolute Gasteiger partial charge is 0.194 e. The summed E-state index contributed by atoms with van der Waals surface area (Å²) in [7, 11) is 0. The van der Waals surface area contributed by atoms with Crippen molar-refractivity contribution in [2.75, 3.05) is 0 Å². The highest BCUT2D eigenvalue weighted by Crippen LogP contribution is 2.50. The average Bonchev–Trinajstić information content (AvgIpc) is 2.72. The molecule has 0 heterocycles. The van der Waals surface area contributed by atoms with Crippen molar-refractivity contribution in [1.29, 1.82) is 0 Å². The summed E-state index contributed by atoms with van der Waals surface area (Å²) < 4.78 is 0.559.